The van der Waals surface area contributed by atoms with Crippen LogP contribution >= 0.6 is 0 Å². The number of carbonyl (C=O) groups excluding carboxylic acids is 2. The Morgan fingerprint density at radius 2 is 1.79 bits per heavy atom. The Hall–Kier alpha value is -2.72. The third kappa shape index (κ3) is 10.2. The van der Waals surface area contributed by atoms with Crippen molar-refractivity contribution in [3.05, 3.63) is 47.9 Å². The number of nitrogens with one attached hydrogen (secondary N) is 3. The third-order valence-corrected chi connectivity index (χ3v) is 8.43. The lowest BCUT2D eigenvalue weighted by Gasteiger charge is -2.39. The van der Waals surface area contributed by atoms with E-state index in [4.69, 9.17) is 4.99 Å². The van der Waals surface area contributed by atoms with Crippen molar-refractivity contribution in [2.24, 2.45) is 16.8 Å². The first-order chi connectivity index (χ1) is 20.0. The van der Waals surface area contributed by atoms with Crippen molar-refractivity contribution in [3.63, 3.8) is 0 Å². The molecule has 0 aromatic rings. The van der Waals surface area contributed by atoms with Crippen LogP contribution in [0.4, 0.5) is 13.2 Å². The summed E-state index contributed by atoms with van der Waals surface area (Å²) >= 11 is 0. The minimum atomic E-state index is -4.64. The molecule has 1 saturated heterocycles. The van der Waals surface area contributed by atoms with E-state index >= 15 is 0 Å². The second-order valence-electron chi connectivity index (χ2n) is 11.3. The van der Waals surface area contributed by atoms with E-state index in [1.54, 1.807) is 27.1 Å². The molecule has 1 amide bonds. The van der Waals surface area contributed by atoms with Gasteiger partial charge >= 0.3 is 6.18 Å². The number of ketones is 1. The molecular weight excluding hydrogens is 543 g/mol. The summed E-state index contributed by atoms with van der Waals surface area (Å²) in [7, 11) is 1.73. The minimum Gasteiger partial charge on any atom is -0.390 e. The lowest BCUT2D eigenvalue weighted by Crippen LogP contribution is -2.54. The molecule has 42 heavy (non-hydrogen) atoms. The van der Waals surface area contributed by atoms with E-state index in [2.05, 4.69) is 27.4 Å². The maximum Gasteiger partial charge on any atom is 0.413 e. The number of alkyl halides is 3. The first-order valence-corrected chi connectivity index (χ1v) is 15.2. The molecule has 236 valence electrons. The van der Waals surface area contributed by atoms with E-state index in [1.807, 2.05) is 6.92 Å². The number of halogens is 3. The SMILES string of the molecule is C=CNCC1CCCN1CC(C(C)=N/C(=C\C)C(=O)C(/C=C\C)=C(/C)C(F)(F)F)C(NC(=O)CNC)C1CCCCC1. The highest BCUT2D eigenvalue weighted by Crippen LogP contribution is 2.33. The van der Waals surface area contributed by atoms with Crippen LogP contribution in [0.15, 0.2) is 52.8 Å². The summed E-state index contributed by atoms with van der Waals surface area (Å²) in [5, 5.41) is 9.44. The Balaban J connectivity index is 2.58. The van der Waals surface area contributed by atoms with E-state index in [9.17, 15) is 22.8 Å². The maximum absolute atomic E-state index is 13.6. The molecule has 3 unspecified atom stereocenters. The fourth-order valence-corrected chi connectivity index (χ4v) is 6.13. The lowest BCUT2D eigenvalue weighted by molar-refractivity contribution is -0.121. The van der Waals surface area contributed by atoms with Gasteiger partial charge in [-0.15, -0.1) is 0 Å². The fourth-order valence-electron chi connectivity index (χ4n) is 6.13. The molecule has 7 nitrogen and oxygen atoms in total. The summed E-state index contributed by atoms with van der Waals surface area (Å²) in [6, 6.07) is 0.0546. The van der Waals surface area contributed by atoms with Crippen LogP contribution in [0.3, 0.4) is 0 Å². The normalized spacial score (nSPS) is 21.7. The molecule has 2 rings (SSSR count). The van der Waals surface area contributed by atoms with Crippen molar-refractivity contribution in [2.75, 3.05) is 33.2 Å². The predicted octanol–water partition coefficient (Wildman–Crippen LogP) is 5.47. The average Bonchev–Trinajstić information content (AvgIpc) is 3.41. The largest absolute Gasteiger partial charge is 0.413 e. The molecule has 3 N–H and O–H groups in total. The zero-order valence-corrected chi connectivity index (χ0v) is 25.9. The van der Waals surface area contributed by atoms with Gasteiger partial charge in [-0.1, -0.05) is 44.1 Å². The topological polar surface area (TPSA) is 85.8 Å². The molecule has 10 heteroatoms. The molecule has 0 radical (unpaired) electrons. The number of rotatable bonds is 15. The molecule has 0 spiro atoms. The van der Waals surface area contributed by atoms with Crippen molar-refractivity contribution >= 4 is 17.4 Å². The Kier molecular flexibility index (Phi) is 14.7. The fraction of sp³-hybridized carbons (Fsp3) is 0.656. The summed E-state index contributed by atoms with van der Waals surface area (Å²) < 4.78 is 40.9. The summed E-state index contributed by atoms with van der Waals surface area (Å²) in [6.45, 7) is 12.1. The monoisotopic (exact) mass is 593 g/mol. The third-order valence-electron chi connectivity index (χ3n) is 8.43. The van der Waals surface area contributed by atoms with Crippen LogP contribution in [0.2, 0.25) is 0 Å². The molecule has 2 fully saturated rings. The zero-order valence-electron chi connectivity index (χ0n) is 25.9. The van der Waals surface area contributed by atoms with Gasteiger partial charge < -0.3 is 16.0 Å². The van der Waals surface area contributed by atoms with E-state index in [0.717, 1.165) is 65.0 Å². The molecule has 1 saturated carbocycles. The molecular formula is C32H50F3N5O2. The van der Waals surface area contributed by atoms with Gasteiger partial charge in [0.1, 0.15) is 5.70 Å². The number of Topliss-reactive ketones (excluding diaryl/α,β-unsaturated/α-hetero) is 1. The molecule has 1 aliphatic carbocycles. The molecule has 1 heterocycles. The van der Waals surface area contributed by atoms with Crippen LogP contribution < -0.4 is 16.0 Å². The number of amides is 1. The number of hydrogen-bond donors (Lipinski definition) is 3. The van der Waals surface area contributed by atoms with Crippen LogP contribution in [0.25, 0.3) is 0 Å². The van der Waals surface area contributed by atoms with Crippen molar-refractivity contribution in [3.8, 4) is 0 Å². The highest BCUT2D eigenvalue weighted by Gasteiger charge is 2.38. The number of allylic oxidation sites excluding steroid dienone is 5. The number of carbonyl (C=O) groups is 2. The summed E-state index contributed by atoms with van der Waals surface area (Å²) in [6.07, 6.45) is 8.47. The van der Waals surface area contributed by atoms with Crippen LogP contribution in [-0.4, -0.2) is 73.8 Å². The maximum atomic E-state index is 13.6. The van der Waals surface area contributed by atoms with Gasteiger partial charge in [-0.3, -0.25) is 19.5 Å². The molecule has 2 aliphatic rings. The quantitative estimate of drug-likeness (QED) is 0.133. The highest BCUT2D eigenvalue weighted by molar-refractivity contribution is 6.11. The number of aliphatic imine (C=N–C) groups is 1. The van der Waals surface area contributed by atoms with Gasteiger partial charge in [-0.25, -0.2) is 0 Å². The average molecular weight is 594 g/mol. The van der Waals surface area contributed by atoms with E-state index in [1.165, 1.54) is 18.2 Å². The van der Waals surface area contributed by atoms with Gasteiger partial charge in [0.05, 0.1) is 6.54 Å². The minimum absolute atomic E-state index is 0.0376. The van der Waals surface area contributed by atoms with Crippen LogP contribution in [0.1, 0.15) is 72.6 Å². The number of nitrogens with zero attached hydrogens (tertiary/aromatic N) is 2. The Morgan fingerprint density at radius 1 is 1.10 bits per heavy atom. The van der Waals surface area contributed by atoms with Crippen LogP contribution in [-0.2, 0) is 9.59 Å². The van der Waals surface area contributed by atoms with E-state index in [-0.39, 0.29) is 42.1 Å². The van der Waals surface area contributed by atoms with Gasteiger partial charge in [0.15, 0.2) is 0 Å². The second-order valence-corrected chi connectivity index (χ2v) is 11.3. The van der Waals surface area contributed by atoms with E-state index in [0.29, 0.717) is 12.3 Å². The molecule has 0 aromatic carbocycles. The standard InChI is InChI=1S/C32H50F3N5O2/c1-7-14-26(22(4)32(33,34)35)31(42)28(8-2)38-23(5)27(21-40-18-13-17-25(40)19-37-9-3)30(39-29(41)20-36-6)24-15-11-10-12-16-24/h7-9,14,24-25,27,30,36-37H,3,10-13,15-21H2,1-2,4-6H3,(H,39,41)/b14-7-,26-22-,28-8-,38-23?. The first kappa shape index (κ1) is 35.5. The lowest BCUT2D eigenvalue weighted by atomic mass is 9.76. The Bertz CT molecular complexity index is 1040. The molecule has 0 bridgehead atoms. The van der Waals surface area contributed by atoms with Crippen LogP contribution in [0, 0.1) is 11.8 Å². The summed E-state index contributed by atoms with van der Waals surface area (Å²) in [4.78, 5) is 33.5. The van der Waals surface area contributed by atoms with E-state index < -0.39 is 23.1 Å². The van der Waals surface area contributed by atoms with Gasteiger partial charge in [0, 0.05) is 47.9 Å². The van der Waals surface area contributed by atoms with Gasteiger partial charge in [0.2, 0.25) is 11.7 Å². The number of likely N-dealkylation sites (tertiary alicyclic amines) is 1. The second kappa shape index (κ2) is 17.4. The highest BCUT2D eigenvalue weighted by atomic mass is 19.4. The smallest absolute Gasteiger partial charge is 0.390 e. The van der Waals surface area contributed by atoms with Gasteiger partial charge in [0.25, 0.3) is 0 Å². The zero-order chi connectivity index (χ0) is 31.3. The van der Waals surface area contributed by atoms with Crippen molar-refractivity contribution in [2.45, 2.75) is 90.9 Å². The summed E-state index contributed by atoms with van der Waals surface area (Å²) in [5.41, 5.74) is -0.788. The van der Waals surface area contributed by atoms with Crippen molar-refractivity contribution in [1.82, 2.24) is 20.9 Å². The van der Waals surface area contributed by atoms with Crippen molar-refractivity contribution in [1.29, 1.82) is 0 Å². The predicted molar refractivity (Wildman–Crippen MR) is 164 cm³/mol. The number of hydrogen-bond acceptors (Lipinski definition) is 6. The van der Waals surface area contributed by atoms with Gasteiger partial charge in [-0.2, -0.15) is 13.2 Å². The van der Waals surface area contributed by atoms with Gasteiger partial charge in [-0.05, 0) is 79.1 Å². The number of likely N-dealkylation sites (N-methyl/N-ethyl adjacent to an activating group) is 1. The summed E-state index contributed by atoms with van der Waals surface area (Å²) in [5.74, 6) is -0.888. The first-order valence-electron chi connectivity index (χ1n) is 15.2. The van der Waals surface area contributed by atoms with Crippen molar-refractivity contribution < 1.29 is 22.8 Å². The Labute approximate surface area is 249 Å². The molecule has 1 aliphatic heterocycles. The van der Waals surface area contributed by atoms with Crippen LogP contribution in [0.5, 0.6) is 0 Å². The molecule has 0 aromatic heterocycles. The Morgan fingerprint density at radius 3 is 2.36 bits per heavy atom. The molecule has 3 atom stereocenters.